The van der Waals surface area contributed by atoms with Crippen LogP contribution in [0, 0.1) is 6.92 Å². The zero-order valence-corrected chi connectivity index (χ0v) is 15.7. The molecule has 0 aliphatic carbocycles. The molecule has 0 saturated heterocycles. The molecule has 0 bridgehead atoms. The Morgan fingerprint density at radius 3 is 2.92 bits per heavy atom. The number of fused-ring (bicyclic) bond motifs is 1. The van der Waals surface area contributed by atoms with E-state index in [1.54, 1.807) is 17.6 Å². The molecule has 3 aromatic rings. The topological polar surface area (TPSA) is 90.0 Å². The summed E-state index contributed by atoms with van der Waals surface area (Å²) in [6.07, 6.45) is 0.592. The van der Waals surface area contributed by atoms with Crippen molar-refractivity contribution in [3.05, 3.63) is 33.6 Å². The molecule has 25 heavy (non-hydrogen) atoms. The Morgan fingerprint density at radius 2 is 2.28 bits per heavy atom. The van der Waals surface area contributed by atoms with E-state index in [1.807, 2.05) is 25.3 Å². The van der Waals surface area contributed by atoms with Gasteiger partial charge >= 0.3 is 0 Å². The fraction of sp³-hybridized carbons (Fsp3) is 0.375. The Labute approximate surface area is 152 Å². The van der Waals surface area contributed by atoms with E-state index in [4.69, 9.17) is 4.52 Å². The first kappa shape index (κ1) is 17.7. The maximum absolute atomic E-state index is 12.6. The molecule has 132 valence electrons. The van der Waals surface area contributed by atoms with Crippen LogP contribution in [-0.4, -0.2) is 25.9 Å². The van der Waals surface area contributed by atoms with Crippen LogP contribution in [0.25, 0.3) is 10.2 Å². The van der Waals surface area contributed by atoms with Crippen molar-refractivity contribution in [3.63, 3.8) is 0 Å². The average Bonchev–Trinajstić information content (AvgIpc) is 3.21. The quantitative estimate of drug-likeness (QED) is 0.523. The first-order valence-corrected chi connectivity index (χ1v) is 9.68. The number of aryl methyl sites for hydroxylation is 1. The summed E-state index contributed by atoms with van der Waals surface area (Å²) < 4.78 is 7.21. The van der Waals surface area contributed by atoms with Gasteiger partial charge in [-0.3, -0.25) is 14.2 Å². The largest absolute Gasteiger partial charge is 0.360 e. The summed E-state index contributed by atoms with van der Waals surface area (Å²) in [5.41, 5.74) is 0.608. The van der Waals surface area contributed by atoms with Crippen LogP contribution in [-0.2, 0) is 11.3 Å². The monoisotopic (exact) mass is 378 g/mol. The summed E-state index contributed by atoms with van der Waals surface area (Å²) in [5.74, 6) is 0.819. The minimum Gasteiger partial charge on any atom is -0.360 e. The molecular weight excluding hydrogens is 360 g/mol. The average molecular weight is 378 g/mol. The lowest BCUT2D eigenvalue weighted by Gasteiger charge is -2.16. The number of amides is 1. The van der Waals surface area contributed by atoms with Gasteiger partial charge in [-0.05, 0) is 31.7 Å². The van der Waals surface area contributed by atoms with Crippen molar-refractivity contribution in [3.8, 4) is 0 Å². The lowest BCUT2D eigenvalue weighted by Crippen LogP contribution is -2.27. The molecule has 1 unspecified atom stereocenters. The van der Waals surface area contributed by atoms with Gasteiger partial charge in [0.1, 0.15) is 10.5 Å². The first-order valence-electron chi connectivity index (χ1n) is 7.92. The van der Waals surface area contributed by atoms with Crippen molar-refractivity contribution in [1.29, 1.82) is 0 Å². The fourth-order valence-corrected chi connectivity index (χ4v) is 4.23. The summed E-state index contributed by atoms with van der Waals surface area (Å²) in [7, 11) is 0. The van der Waals surface area contributed by atoms with E-state index in [-0.39, 0.29) is 11.5 Å². The van der Waals surface area contributed by atoms with Crippen molar-refractivity contribution in [2.75, 3.05) is 5.32 Å². The zero-order valence-electron chi connectivity index (χ0n) is 14.1. The van der Waals surface area contributed by atoms with Crippen LogP contribution in [0.2, 0.25) is 0 Å². The summed E-state index contributed by atoms with van der Waals surface area (Å²) in [4.78, 5) is 29.7. The number of carbonyl (C=O) groups excluding carboxylic acids is 1. The molecular formula is C16H18N4O3S2. The van der Waals surface area contributed by atoms with Crippen molar-refractivity contribution in [1.82, 2.24) is 14.7 Å². The predicted molar refractivity (Wildman–Crippen MR) is 99.4 cm³/mol. The minimum atomic E-state index is -0.391. The number of thiophene rings is 1. The van der Waals surface area contributed by atoms with Crippen LogP contribution in [0.1, 0.15) is 26.0 Å². The molecule has 1 atom stereocenters. The SMILES string of the molecule is CCC(Sc1nc2ccsc2c(=O)n1CC)C(=O)Nc1cc(C)on1. The molecule has 0 fully saturated rings. The third kappa shape index (κ3) is 3.62. The van der Waals surface area contributed by atoms with Gasteiger partial charge in [0, 0.05) is 12.6 Å². The number of hydrogen-bond donors (Lipinski definition) is 1. The van der Waals surface area contributed by atoms with E-state index in [9.17, 15) is 9.59 Å². The second-order valence-electron chi connectivity index (χ2n) is 5.41. The maximum Gasteiger partial charge on any atom is 0.272 e. The molecule has 0 aliphatic rings. The molecule has 0 aromatic carbocycles. The summed E-state index contributed by atoms with van der Waals surface area (Å²) in [6.45, 7) is 6.08. The van der Waals surface area contributed by atoms with Gasteiger partial charge in [0.25, 0.3) is 5.56 Å². The smallest absolute Gasteiger partial charge is 0.272 e. The zero-order chi connectivity index (χ0) is 18.0. The van der Waals surface area contributed by atoms with E-state index in [2.05, 4.69) is 15.5 Å². The number of nitrogens with zero attached hydrogens (tertiary/aromatic N) is 3. The van der Waals surface area contributed by atoms with Crippen molar-refractivity contribution in [2.24, 2.45) is 0 Å². The number of hydrogen-bond acceptors (Lipinski definition) is 7. The molecule has 3 rings (SSSR count). The number of aromatic nitrogens is 3. The molecule has 3 heterocycles. The Hall–Kier alpha value is -2.13. The van der Waals surface area contributed by atoms with Crippen molar-refractivity contribution < 1.29 is 9.32 Å². The molecule has 1 amide bonds. The summed E-state index contributed by atoms with van der Waals surface area (Å²) in [5, 5.41) is 8.53. The van der Waals surface area contributed by atoms with Crippen LogP contribution in [0.5, 0.6) is 0 Å². The highest BCUT2D eigenvalue weighted by molar-refractivity contribution is 8.00. The Bertz CT molecular complexity index is 960. The van der Waals surface area contributed by atoms with Gasteiger partial charge in [-0.15, -0.1) is 11.3 Å². The van der Waals surface area contributed by atoms with Gasteiger partial charge in [-0.25, -0.2) is 4.98 Å². The fourth-order valence-electron chi connectivity index (χ4n) is 2.37. The Kier molecular flexibility index (Phi) is 5.24. The predicted octanol–water partition coefficient (Wildman–Crippen LogP) is 3.28. The third-order valence-electron chi connectivity index (χ3n) is 3.64. The van der Waals surface area contributed by atoms with Gasteiger partial charge < -0.3 is 9.84 Å². The van der Waals surface area contributed by atoms with Gasteiger partial charge in [-0.2, -0.15) is 0 Å². The molecule has 9 heteroatoms. The van der Waals surface area contributed by atoms with Crippen molar-refractivity contribution in [2.45, 2.75) is 44.1 Å². The molecule has 0 spiro atoms. The van der Waals surface area contributed by atoms with E-state index >= 15 is 0 Å². The number of thioether (sulfide) groups is 1. The number of carbonyl (C=O) groups is 1. The van der Waals surface area contributed by atoms with Crippen LogP contribution in [0.3, 0.4) is 0 Å². The Balaban J connectivity index is 1.87. The number of nitrogens with one attached hydrogen (secondary N) is 1. The minimum absolute atomic E-state index is 0.0626. The van der Waals surface area contributed by atoms with Crippen LogP contribution in [0.4, 0.5) is 5.82 Å². The molecule has 0 radical (unpaired) electrons. The van der Waals surface area contributed by atoms with Gasteiger partial charge in [-0.1, -0.05) is 23.8 Å². The van der Waals surface area contributed by atoms with E-state index in [1.165, 1.54) is 23.1 Å². The standard InChI is InChI=1S/C16H18N4O3S2/c1-4-11(14(21)18-12-8-9(3)23-19-12)25-16-17-10-6-7-24-13(10)15(22)20(16)5-2/h6-8,11H,4-5H2,1-3H3,(H,18,19,21). The van der Waals surface area contributed by atoms with E-state index in [0.717, 1.165) is 0 Å². The number of anilines is 1. The molecule has 0 aliphatic heterocycles. The second kappa shape index (κ2) is 7.40. The molecule has 3 aromatic heterocycles. The number of rotatable bonds is 6. The molecule has 1 N–H and O–H groups in total. The summed E-state index contributed by atoms with van der Waals surface area (Å²) >= 11 is 2.68. The lowest BCUT2D eigenvalue weighted by atomic mass is 10.3. The van der Waals surface area contributed by atoms with E-state index in [0.29, 0.717) is 39.9 Å². The van der Waals surface area contributed by atoms with Crippen LogP contribution >= 0.6 is 23.1 Å². The Morgan fingerprint density at radius 1 is 1.48 bits per heavy atom. The highest BCUT2D eigenvalue weighted by Crippen LogP contribution is 2.27. The third-order valence-corrected chi connectivity index (χ3v) is 5.88. The summed E-state index contributed by atoms with van der Waals surface area (Å²) in [6, 6.07) is 3.48. The first-order chi connectivity index (χ1) is 12.0. The normalized spacial score (nSPS) is 12.4. The maximum atomic E-state index is 12.6. The van der Waals surface area contributed by atoms with Crippen LogP contribution < -0.4 is 10.9 Å². The van der Waals surface area contributed by atoms with Crippen LogP contribution in [0.15, 0.2) is 32.0 Å². The van der Waals surface area contributed by atoms with Crippen molar-refractivity contribution >= 4 is 45.0 Å². The van der Waals surface area contributed by atoms with Gasteiger partial charge in [0.05, 0.1) is 10.8 Å². The molecule has 7 nitrogen and oxygen atoms in total. The highest BCUT2D eigenvalue weighted by Gasteiger charge is 2.22. The second-order valence-corrected chi connectivity index (χ2v) is 7.49. The lowest BCUT2D eigenvalue weighted by molar-refractivity contribution is -0.115. The van der Waals surface area contributed by atoms with Gasteiger partial charge in [0.2, 0.25) is 5.91 Å². The van der Waals surface area contributed by atoms with Gasteiger partial charge in [0.15, 0.2) is 11.0 Å². The highest BCUT2D eigenvalue weighted by atomic mass is 32.2. The molecule has 0 saturated carbocycles. The van der Waals surface area contributed by atoms with E-state index < -0.39 is 5.25 Å².